The Morgan fingerprint density at radius 1 is 0.682 bits per heavy atom. The standard InChI is InChI=1S/C34H53NO9/c1-8-36-35-26(28-21(5)25-12-10-19(3)23-14-16-32(7)40-30(38-28)34(23,25)44-42-32)17-27-20(4)24-11-9-18(2)22-13-15-31(6)39-29(37-27)33(22,24)43-41-31/h18-25,27-30H,8-17H2,1-7H3/b35-26-/t18-,19-,20-,21-,22+,23+,24+,25+,27-,28+,29-,30-,31+,32+,33-,34-/m1/s1. The normalized spacial score (nSPS) is 58.0. The number of fused-ring (bicyclic) bond motifs is 4. The second-order valence-corrected chi connectivity index (χ2v) is 16.0. The van der Waals surface area contributed by atoms with Gasteiger partial charge < -0.3 is 23.8 Å². The lowest BCUT2D eigenvalue weighted by atomic mass is 9.56. The summed E-state index contributed by atoms with van der Waals surface area (Å²) in [6, 6.07) is 0. The van der Waals surface area contributed by atoms with Crippen molar-refractivity contribution in [2.45, 2.75) is 154 Å². The molecule has 10 nitrogen and oxygen atoms in total. The first-order valence-corrected chi connectivity index (χ1v) is 17.6. The molecule has 0 aromatic rings. The van der Waals surface area contributed by atoms with Gasteiger partial charge in [0.1, 0.15) is 12.7 Å². The molecule has 8 saturated heterocycles. The van der Waals surface area contributed by atoms with E-state index in [4.69, 9.17) is 48.5 Å². The highest BCUT2D eigenvalue weighted by Crippen LogP contribution is 2.63. The van der Waals surface area contributed by atoms with Crippen LogP contribution in [0.25, 0.3) is 0 Å². The van der Waals surface area contributed by atoms with Gasteiger partial charge in [-0.15, -0.1) is 0 Å². The van der Waals surface area contributed by atoms with Gasteiger partial charge in [-0.2, -0.15) is 0 Å². The van der Waals surface area contributed by atoms with Crippen LogP contribution in [0.5, 0.6) is 0 Å². The monoisotopic (exact) mass is 619 g/mol. The third-order valence-corrected chi connectivity index (χ3v) is 13.5. The minimum Gasteiger partial charge on any atom is -0.396 e. The minimum atomic E-state index is -0.821. The zero-order valence-electron chi connectivity index (χ0n) is 27.6. The quantitative estimate of drug-likeness (QED) is 0.200. The molecule has 0 amide bonds. The maximum Gasteiger partial charge on any atom is 0.201 e. The van der Waals surface area contributed by atoms with E-state index >= 15 is 0 Å². The highest BCUT2D eigenvalue weighted by atomic mass is 17.3. The molecule has 0 aromatic heterocycles. The number of hydrogen-bond acceptors (Lipinski definition) is 10. The summed E-state index contributed by atoms with van der Waals surface area (Å²) in [5.74, 6) is 0.858. The predicted octanol–water partition coefficient (Wildman–Crippen LogP) is 6.27. The van der Waals surface area contributed by atoms with E-state index in [9.17, 15) is 0 Å². The summed E-state index contributed by atoms with van der Waals surface area (Å²) < 4.78 is 27.3. The highest BCUT2D eigenvalue weighted by molar-refractivity contribution is 5.89. The molecule has 0 aromatic carbocycles. The Hall–Kier alpha value is -0.850. The number of hydrogen-bond donors (Lipinski definition) is 0. The fraction of sp³-hybridized carbons (Fsp3) is 0.971. The molecule has 2 saturated carbocycles. The second kappa shape index (κ2) is 10.6. The van der Waals surface area contributed by atoms with Crippen LogP contribution in [0.2, 0.25) is 0 Å². The lowest BCUT2D eigenvalue weighted by Gasteiger charge is -2.61. The van der Waals surface area contributed by atoms with E-state index in [1.807, 2.05) is 20.8 Å². The van der Waals surface area contributed by atoms with Gasteiger partial charge in [-0.3, -0.25) is 0 Å². The summed E-state index contributed by atoms with van der Waals surface area (Å²) in [7, 11) is 0. The average Bonchev–Trinajstić information content (AvgIpc) is 3.37. The third-order valence-electron chi connectivity index (χ3n) is 13.5. The lowest BCUT2D eigenvalue weighted by molar-refractivity contribution is -0.571. The van der Waals surface area contributed by atoms with Crippen LogP contribution < -0.4 is 0 Å². The molecule has 16 atom stereocenters. The minimum absolute atomic E-state index is 0.126. The van der Waals surface area contributed by atoms with Crippen LogP contribution >= 0.6 is 0 Å². The molecule has 10 aliphatic rings. The number of nitrogens with zero attached hydrogens (tertiary/aromatic N) is 1. The molecule has 8 heterocycles. The van der Waals surface area contributed by atoms with Crippen LogP contribution in [0, 0.1) is 47.3 Å². The van der Waals surface area contributed by atoms with Crippen LogP contribution in [0.15, 0.2) is 5.16 Å². The van der Waals surface area contributed by atoms with Crippen molar-refractivity contribution in [3.63, 3.8) is 0 Å². The van der Waals surface area contributed by atoms with Gasteiger partial charge in [0.05, 0.1) is 11.8 Å². The number of ether oxygens (including phenoxy) is 4. The van der Waals surface area contributed by atoms with Crippen molar-refractivity contribution >= 4 is 5.71 Å². The van der Waals surface area contributed by atoms with E-state index in [1.54, 1.807) is 0 Å². The predicted molar refractivity (Wildman–Crippen MR) is 157 cm³/mol. The van der Waals surface area contributed by atoms with Crippen molar-refractivity contribution in [3.8, 4) is 0 Å². The zero-order chi connectivity index (χ0) is 30.6. The molecule has 44 heavy (non-hydrogen) atoms. The van der Waals surface area contributed by atoms with E-state index < -0.39 is 35.4 Å². The van der Waals surface area contributed by atoms with Gasteiger partial charge in [-0.1, -0.05) is 32.9 Å². The van der Waals surface area contributed by atoms with Crippen LogP contribution in [-0.2, 0) is 43.3 Å². The second-order valence-electron chi connectivity index (χ2n) is 16.0. The van der Waals surface area contributed by atoms with E-state index in [0.29, 0.717) is 36.7 Å². The maximum atomic E-state index is 7.01. The van der Waals surface area contributed by atoms with E-state index in [0.717, 1.165) is 50.7 Å². The third kappa shape index (κ3) is 4.24. The van der Waals surface area contributed by atoms with Crippen molar-refractivity contribution in [1.82, 2.24) is 0 Å². The number of rotatable bonds is 5. The van der Waals surface area contributed by atoms with Crippen LogP contribution in [0.4, 0.5) is 0 Å². The van der Waals surface area contributed by atoms with Gasteiger partial charge in [-0.25, -0.2) is 19.6 Å². The summed E-state index contributed by atoms with van der Waals surface area (Å²) in [6.45, 7) is 15.7. The van der Waals surface area contributed by atoms with Crippen LogP contribution in [-0.4, -0.2) is 59.9 Å². The molecule has 2 spiro atoms. The van der Waals surface area contributed by atoms with E-state index in [2.05, 4.69) is 27.7 Å². The van der Waals surface area contributed by atoms with E-state index in [1.165, 1.54) is 6.42 Å². The topological polar surface area (TPSA) is 95.4 Å². The number of oxime groups is 1. The molecule has 10 rings (SSSR count). The summed E-state index contributed by atoms with van der Waals surface area (Å²) in [6.07, 6.45) is 7.17. The largest absolute Gasteiger partial charge is 0.396 e. The molecule has 4 bridgehead atoms. The first kappa shape index (κ1) is 30.5. The molecule has 248 valence electrons. The molecular formula is C34H53NO9. The Morgan fingerprint density at radius 3 is 1.80 bits per heavy atom. The van der Waals surface area contributed by atoms with Gasteiger partial charge >= 0.3 is 0 Å². The van der Waals surface area contributed by atoms with Crippen molar-refractivity contribution in [1.29, 1.82) is 0 Å². The summed E-state index contributed by atoms with van der Waals surface area (Å²) in [5, 5.41) is 4.77. The molecule has 8 aliphatic heterocycles. The Kier molecular flexibility index (Phi) is 7.33. The summed E-state index contributed by atoms with van der Waals surface area (Å²) in [5.41, 5.74) is -0.333. The molecule has 2 aliphatic carbocycles. The molecule has 10 heteroatoms. The molecular weight excluding hydrogens is 566 g/mol. The van der Waals surface area contributed by atoms with Crippen molar-refractivity contribution in [2.24, 2.45) is 52.5 Å². The molecule has 0 unspecified atom stereocenters. The van der Waals surface area contributed by atoms with Gasteiger partial charge in [0.2, 0.25) is 11.6 Å². The summed E-state index contributed by atoms with van der Waals surface area (Å²) >= 11 is 0. The summed E-state index contributed by atoms with van der Waals surface area (Å²) in [4.78, 5) is 30.7. The van der Waals surface area contributed by atoms with E-state index in [-0.39, 0.29) is 35.9 Å². The first-order valence-electron chi connectivity index (χ1n) is 17.6. The Morgan fingerprint density at radius 2 is 1.23 bits per heavy atom. The van der Waals surface area contributed by atoms with Crippen molar-refractivity contribution < 1.29 is 43.3 Å². The fourth-order valence-electron chi connectivity index (χ4n) is 11.1. The Bertz CT molecular complexity index is 1150. The molecule has 0 N–H and O–H groups in total. The van der Waals surface area contributed by atoms with Gasteiger partial charge in [0.15, 0.2) is 23.8 Å². The SMILES string of the molecule is CCO/N=C(/C[C@H]1O[C@@H]2O[C@]3(C)CC[C@H]4[C@H](C)CC[C@@H]([C@H]1C)[C@@]24OO3)[C@H]1O[C@@H]2O[C@]3(C)CC[C@H]4[C@H](C)CC[C@@H]([C@H]1C)[C@@]24OO3. The Labute approximate surface area is 261 Å². The van der Waals surface area contributed by atoms with Crippen LogP contribution in [0.1, 0.15) is 106 Å². The highest BCUT2D eigenvalue weighted by Gasteiger charge is 2.71. The molecule has 10 fully saturated rings. The van der Waals surface area contributed by atoms with Crippen molar-refractivity contribution in [3.05, 3.63) is 0 Å². The Balaban J connectivity index is 1.11. The zero-order valence-corrected chi connectivity index (χ0v) is 27.6. The first-order chi connectivity index (χ1) is 21.0. The van der Waals surface area contributed by atoms with Gasteiger partial charge in [0.25, 0.3) is 0 Å². The average molecular weight is 620 g/mol. The van der Waals surface area contributed by atoms with Crippen LogP contribution in [0.3, 0.4) is 0 Å². The maximum absolute atomic E-state index is 7.01. The molecule has 0 radical (unpaired) electrons. The van der Waals surface area contributed by atoms with Gasteiger partial charge in [0, 0.05) is 31.1 Å². The smallest absolute Gasteiger partial charge is 0.201 e. The fourth-order valence-corrected chi connectivity index (χ4v) is 11.1. The van der Waals surface area contributed by atoms with Crippen molar-refractivity contribution in [2.75, 3.05) is 6.61 Å². The lowest BCUT2D eigenvalue weighted by Crippen LogP contribution is -2.71. The van der Waals surface area contributed by atoms with Gasteiger partial charge in [-0.05, 0) is 94.8 Å².